The van der Waals surface area contributed by atoms with Gasteiger partial charge in [0.05, 0.1) is 19.8 Å². The first-order valence-corrected chi connectivity index (χ1v) is 10.4. The first-order valence-electron chi connectivity index (χ1n) is 8.88. The van der Waals surface area contributed by atoms with Gasteiger partial charge in [-0.3, -0.25) is 0 Å². The number of methoxy groups -OCH3 is 1. The zero-order valence-corrected chi connectivity index (χ0v) is 16.5. The lowest BCUT2D eigenvalue weighted by atomic mass is 10.1. The van der Waals surface area contributed by atoms with Crippen molar-refractivity contribution in [3.05, 3.63) is 30.0 Å². The molecule has 1 fully saturated rings. The molecule has 1 aliphatic rings. The van der Waals surface area contributed by atoms with Crippen LogP contribution in [0.3, 0.4) is 0 Å². The Kier molecular flexibility index (Phi) is 6.32. The summed E-state index contributed by atoms with van der Waals surface area (Å²) in [5.74, 6) is -0.188. The average Bonchev–Trinajstić information content (AvgIpc) is 3.38. The number of ether oxygens (including phenoxy) is 3. The molecule has 0 radical (unpaired) electrons. The highest BCUT2D eigenvalue weighted by atomic mass is 32.2. The van der Waals surface area contributed by atoms with E-state index in [0.29, 0.717) is 12.2 Å². The van der Waals surface area contributed by atoms with Crippen molar-refractivity contribution in [2.75, 3.05) is 26.9 Å². The summed E-state index contributed by atoms with van der Waals surface area (Å²) < 4.78 is 48.8. The summed E-state index contributed by atoms with van der Waals surface area (Å²) in [6.07, 6.45) is 1.60. The van der Waals surface area contributed by atoms with Gasteiger partial charge < -0.3 is 18.7 Å². The van der Waals surface area contributed by atoms with E-state index in [1.54, 1.807) is 13.0 Å². The van der Waals surface area contributed by atoms with Crippen molar-refractivity contribution in [1.82, 2.24) is 9.88 Å². The Bertz CT molecular complexity index is 933. The Hall–Kier alpha value is -2.43. The highest BCUT2D eigenvalue weighted by molar-refractivity contribution is 7.89. The zero-order valence-electron chi connectivity index (χ0n) is 15.6. The molecular formula is C18H22N2O7S. The zero-order chi connectivity index (χ0) is 20.1. The molecule has 2 aromatic rings. The first-order chi connectivity index (χ1) is 13.4. The molecule has 152 valence electrons. The van der Waals surface area contributed by atoms with Gasteiger partial charge in [0.2, 0.25) is 10.0 Å². The highest BCUT2D eigenvalue weighted by Gasteiger charge is 2.24. The molecule has 1 aliphatic heterocycles. The lowest BCUT2D eigenvalue weighted by molar-refractivity contribution is 0.0514. The molecule has 1 saturated heterocycles. The molecule has 0 spiro atoms. The molecule has 28 heavy (non-hydrogen) atoms. The Morgan fingerprint density at radius 1 is 1.36 bits per heavy atom. The molecule has 0 aliphatic carbocycles. The lowest BCUT2D eigenvalue weighted by Crippen LogP contribution is -2.32. The second-order valence-electron chi connectivity index (χ2n) is 6.15. The SMILES string of the molecule is CCOC(=O)c1cc(-c2ccc(OC)c(S(=O)(=O)NCC3CCCO3)c2)on1. The molecule has 2 heterocycles. The van der Waals surface area contributed by atoms with Gasteiger partial charge in [-0.05, 0) is 38.0 Å². The maximum absolute atomic E-state index is 12.8. The molecule has 0 bridgehead atoms. The van der Waals surface area contributed by atoms with E-state index >= 15 is 0 Å². The summed E-state index contributed by atoms with van der Waals surface area (Å²) in [6, 6.07) is 5.94. The second kappa shape index (κ2) is 8.72. The van der Waals surface area contributed by atoms with Crippen LogP contribution in [0.4, 0.5) is 0 Å². The molecule has 9 nitrogen and oxygen atoms in total. The van der Waals surface area contributed by atoms with Gasteiger partial charge in [-0.25, -0.2) is 17.9 Å². The smallest absolute Gasteiger partial charge is 0.360 e. The third-order valence-corrected chi connectivity index (χ3v) is 5.70. The Labute approximate surface area is 163 Å². The van der Waals surface area contributed by atoms with Gasteiger partial charge in [0.1, 0.15) is 10.6 Å². The molecule has 1 aromatic carbocycles. The standard InChI is InChI=1S/C18H22N2O7S/c1-3-25-18(21)14-10-16(27-20-14)12-6-7-15(24-2)17(9-12)28(22,23)19-11-13-5-4-8-26-13/h6-7,9-10,13,19H,3-5,8,11H2,1-2H3. The normalized spacial score (nSPS) is 16.9. The van der Waals surface area contributed by atoms with Crippen molar-refractivity contribution >= 4 is 16.0 Å². The fourth-order valence-electron chi connectivity index (χ4n) is 2.84. The van der Waals surface area contributed by atoms with Gasteiger partial charge in [-0.1, -0.05) is 5.16 Å². The average molecular weight is 410 g/mol. The number of esters is 1. The molecule has 0 amide bonds. The minimum Gasteiger partial charge on any atom is -0.495 e. The Morgan fingerprint density at radius 2 is 2.18 bits per heavy atom. The number of rotatable bonds is 8. The van der Waals surface area contributed by atoms with E-state index in [1.807, 2.05) is 0 Å². The third-order valence-electron chi connectivity index (χ3n) is 4.26. The second-order valence-corrected chi connectivity index (χ2v) is 7.88. The van der Waals surface area contributed by atoms with Crippen molar-refractivity contribution in [1.29, 1.82) is 0 Å². The molecule has 1 unspecified atom stereocenters. The fourth-order valence-corrected chi connectivity index (χ4v) is 4.10. The third kappa shape index (κ3) is 4.51. The van der Waals surface area contributed by atoms with E-state index < -0.39 is 16.0 Å². The fraction of sp³-hybridized carbons (Fsp3) is 0.444. The van der Waals surface area contributed by atoms with Crippen molar-refractivity contribution in [2.24, 2.45) is 0 Å². The number of carbonyl (C=O) groups excluding carboxylic acids is 1. The molecule has 1 aromatic heterocycles. The predicted molar refractivity (Wildman–Crippen MR) is 98.6 cm³/mol. The van der Waals surface area contributed by atoms with E-state index in [4.69, 9.17) is 18.7 Å². The van der Waals surface area contributed by atoms with Gasteiger partial charge in [0.15, 0.2) is 11.5 Å². The van der Waals surface area contributed by atoms with Crippen molar-refractivity contribution < 1.29 is 31.9 Å². The summed E-state index contributed by atoms with van der Waals surface area (Å²) in [4.78, 5) is 11.7. The van der Waals surface area contributed by atoms with E-state index in [0.717, 1.165) is 12.8 Å². The number of aromatic nitrogens is 1. The minimum absolute atomic E-state index is 0.00795. The summed E-state index contributed by atoms with van der Waals surface area (Å²) >= 11 is 0. The van der Waals surface area contributed by atoms with Crippen molar-refractivity contribution in [2.45, 2.75) is 30.8 Å². The van der Waals surface area contributed by atoms with Crippen LogP contribution >= 0.6 is 0 Å². The van der Waals surface area contributed by atoms with Crippen LogP contribution < -0.4 is 9.46 Å². The Morgan fingerprint density at radius 3 is 2.86 bits per heavy atom. The largest absolute Gasteiger partial charge is 0.495 e. The quantitative estimate of drug-likeness (QED) is 0.657. The summed E-state index contributed by atoms with van der Waals surface area (Å²) in [5.41, 5.74) is 0.440. The van der Waals surface area contributed by atoms with Crippen LogP contribution in [-0.4, -0.2) is 52.5 Å². The van der Waals surface area contributed by atoms with Crippen LogP contribution in [0, 0.1) is 0 Å². The van der Waals surface area contributed by atoms with Crippen LogP contribution in [-0.2, 0) is 19.5 Å². The van der Waals surface area contributed by atoms with Gasteiger partial charge in [-0.2, -0.15) is 0 Å². The number of hydrogen-bond acceptors (Lipinski definition) is 8. The molecule has 1 N–H and O–H groups in total. The number of carbonyl (C=O) groups is 1. The topological polar surface area (TPSA) is 117 Å². The Balaban J connectivity index is 1.86. The van der Waals surface area contributed by atoms with E-state index in [2.05, 4.69) is 9.88 Å². The van der Waals surface area contributed by atoms with E-state index in [-0.39, 0.29) is 41.4 Å². The number of hydrogen-bond donors (Lipinski definition) is 1. The number of benzene rings is 1. The van der Waals surface area contributed by atoms with Crippen molar-refractivity contribution in [3.63, 3.8) is 0 Å². The van der Waals surface area contributed by atoms with Gasteiger partial charge in [0.25, 0.3) is 0 Å². The maximum Gasteiger partial charge on any atom is 0.360 e. The summed E-state index contributed by atoms with van der Waals surface area (Å²) in [7, 11) is -2.46. The lowest BCUT2D eigenvalue weighted by Gasteiger charge is -2.14. The first kappa shape index (κ1) is 20.3. The molecular weight excluding hydrogens is 388 g/mol. The van der Waals surface area contributed by atoms with Crippen molar-refractivity contribution in [3.8, 4) is 17.1 Å². The summed E-state index contributed by atoms with van der Waals surface area (Å²) in [6.45, 7) is 2.72. The minimum atomic E-state index is -3.85. The van der Waals surface area contributed by atoms with Gasteiger partial charge >= 0.3 is 5.97 Å². The molecule has 10 heteroatoms. The van der Waals surface area contributed by atoms with Gasteiger partial charge in [-0.15, -0.1) is 0 Å². The number of nitrogens with zero attached hydrogens (tertiary/aromatic N) is 1. The van der Waals surface area contributed by atoms with Crippen LogP contribution in [0.5, 0.6) is 5.75 Å². The monoisotopic (exact) mass is 410 g/mol. The number of sulfonamides is 1. The summed E-state index contributed by atoms with van der Waals surface area (Å²) in [5, 5.41) is 3.67. The molecule has 1 atom stereocenters. The van der Waals surface area contributed by atoms with Crippen LogP contribution in [0.25, 0.3) is 11.3 Å². The maximum atomic E-state index is 12.8. The predicted octanol–water partition coefficient (Wildman–Crippen LogP) is 1.98. The number of nitrogens with one attached hydrogen (secondary N) is 1. The highest BCUT2D eigenvalue weighted by Crippen LogP contribution is 2.30. The van der Waals surface area contributed by atoms with Crippen LogP contribution in [0.15, 0.2) is 33.7 Å². The van der Waals surface area contributed by atoms with E-state index in [1.165, 1.54) is 25.3 Å². The van der Waals surface area contributed by atoms with Gasteiger partial charge in [0, 0.05) is 24.8 Å². The molecule has 0 saturated carbocycles. The van der Waals surface area contributed by atoms with Crippen LogP contribution in [0.2, 0.25) is 0 Å². The van der Waals surface area contributed by atoms with Crippen LogP contribution in [0.1, 0.15) is 30.3 Å². The molecule has 3 rings (SSSR count). The van der Waals surface area contributed by atoms with E-state index in [9.17, 15) is 13.2 Å².